The Morgan fingerprint density at radius 1 is 1.19 bits per heavy atom. The quantitative estimate of drug-likeness (QED) is 0.460. The molecule has 8 heteroatoms. The van der Waals surface area contributed by atoms with E-state index < -0.39 is 11.2 Å². The number of aromatic nitrogens is 4. The van der Waals surface area contributed by atoms with Crippen LogP contribution in [0.2, 0.25) is 0 Å². The van der Waals surface area contributed by atoms with Crippen molar-refractivity contribution in [1.82, 2.24) is 24.4 Å². The van der Waals surface area contributed by atoms with E-state index in [9.17, 15) is 9.59 Å². The van der Waals surface area contributed by atoms with Crippen LogP contribution in [0.15, 0.2) is 62.4 Å². The lowest BCUT2D eigenvalue weighted by Gasteiger charge is -2.19. The molecule has 1 aromatic rings. The third-order valence-electron chi connectivity index (χ3n) is 5.34. The second kappa shape index (κ2) is 9.09. The summed E-state index contributed by atoms with van der Waals surface area (Å²) < 4.78 is 1.93. The molecule has 1 aromatic carbocycles. The average Bonchev–Trinajstić information content (AvgIpc) is 2.93. The van der Waals surface area contributed by atoms with Gasteiger partial charge in [0.15, 0.2) is 11.5 Å². The molecule has 0 fully saturated rings. The number of nitrogens with zero attached hydrogens (tertiary/aromatic N) is 4. The van der Waals surface area contributed by atoms with Crippen molar-refractivity contribution in [2.24, 2.45) is 0 Å². The summed E-state index contributed by atoms with van der Waals surface area (Å²) in [6.07, 6.45) is 8.92. The molecule has 0 saturated heterocycles. The molecule has 1 aliphatic carbocycles. The molecular formula is C24H24ClN5O2. The van der Waals surface area contributed by atoms with Crippen molar-refractivity contribution in [2.45, 2.75) is 32.9 Å². The first kappa shape index (κ1) is 22.0. The van der Waals surface area contributed by atoms with Gasteiger partial charge in [-0.25, -0.2) is 9.78 Å². The maximum atomic E-state index is 12.5. The summed E-state index contributed by atoms with van der Waals surface area (Å²) in [7, 11) is 4.04. The summed E-state index contributed by atoms with van der Waals surface area (Å²) in [5.74, 6) is 0.302. The standard InChI is InChI=1S/C24H24ClN5O2/c1-15-12-19-20(13-17(15)14-29(2)3)30(22-21(26-19)23(31)28-24(32)27-22)11-5-7-16-6-4-8-18(25)10-9-16/h4,8-10,12-13H,5,7,11,14H2,1-3H3,(H,28,31,32). The van der Waals surface area contributed by atoms with E-state index in [1.54, 1.807) is 6.08 Å². The van der Waals surface area contributed by atoms with Crippen molar-refractivity contribution in [2.75, 3.05) is 14.1 Å². The van der Waals surface area contributed by atoms with Gasteiger partial charge in [0, 0.05) is 18.1 Å². The van der Waals surface area contributed by atoms with Gasteiger partial charge in [-0.05, 0) is 87.0 Å². The van der Waals surface area contributed by atoms with Gasteiger partial charge < -0.3 is 9.47 Å². The Labute approximate surface area is 190 Å². The zero-order valence-electron chi connectivity index (χ0n) is 18.3. The number of H-pyrrole nitrogens is 1. The number of halogens is 1. The molecule has 164 valence electrons. The first-order chi connectivity index (χ1) is 15.3. The highest BCUT2D eigenvalue weighted by Crippen LogP contribution is 2.25. The first-order valence-electron chi connectivity index (χ1n) is 10.4. The number of nitrogens with one attached hydrogen (secondary N) is 1. The summed E-state index contributed by atoms with van der Waals surface area (Å²) in [5, 5.41) is 0.656. The Balaban J connectivity index is 1.80. The van der Waals surface area contributed by atoms with Crippen molar-refractivity contribution in [3.8, 4) is 11.5 Å². The molecular weight excluding hydrogens is 426 g/mol. The summed E-state index contributed by atoms with van der Waals surface area (Å²) in [6, 6.07) is 4.07. The van der Waals surface area contributed by atoms with Gasteiger partial charge in [0.1, 0.15) is 0 Å². The zero-order valence-corrected chi connectivity index (χ0v) is 19.0. The molecule has 0 amide bonds. The van der Waals surface area contributed by atoms with Crippen molar-refractivity contribution >= 4 is 22.6 Å². The van der Waals surface area contributed by atoms with E-state index in [2.05, 4.69) is 31.6 Å². The molecule has 0 bridgehead atoms. The monoisotopic (exact) mass is 449 g/mol. The minimum absolute atomic E-state index is 0.168. The maximum absolute atomic E-state index is 12.5. The van der Waals surface area contributed by atoms with Gasteiger partial charge in [0.25, 0.3) is 5.56 Å². The van der Waals surface area contributed by atoms with E-state index in [0.29, 0.717) is 22.9 Å². The van der Waals surface area contributed by atoms with Gasteiger partial charge in [-0.3, -0.25) is 9.78 Å². The third-order valence-corrected chi connectivity index (χ3v) is 5.59. The molecule has 1 N–H and O–H groups in total. The molecule has 0 radical (unpaired) electrons. The second-order valence-corrected chi connectivity index (χ2v) is 8.57. The Kier molecular flexibility index (Phi) is 6.24. The molecule has 7 nitrogen and oxygen atoms in total. The van der Waals surface area contributed by atoms with E-state index in [-0.39, 0.29) is 5.69 Å². The van der Waals surface area contributed by atoms with Gasteiger partial charge >= 0.3 is 5.69 Å². The molecule has 0 spiro atoms. The fourth-order valence-corrected chi connectivity index (χ4v) is 3.95. The molecule has 2 heterocycles. The fourth-order valence-electron chi connectivity index (χ4n) is 3.82. The van der Waals surface area contributed by atoms with Crippen LogP contribution in [-0.2, 0) is 13.1 Å². The largest absolute Gasteiger partial charge is 0.349 e. The maximum Gasteiger partial charge on any atom is 0.349 e. The van der Waals surface area contributed by atoms with Gasteiger partial charge in [0.2, 0.25) is 0 Å². The van der Waals surface area contributed by atoms with Crippen LogP contribution in [0.4, 0.5) is 0 Å². The molecule has 0 saturated carbocycles. The normalized spacial score (nSPS) is 13.7. The Bertz CT molecular complexity index is 1400. The molecule has 3 aliphatic rings. The number of fused-ring (bicyclic) bond motifs is 2. The highest BCUT2D eigenvalue weighted by Gasteiger charge is 2.19. The minimum atomic E-state index is -0.670. The Hall–Kier alpha value is -3.25. The fraction of sp³-hybridized carbons (Fsp3) is 0.292. The molecule has 0 atom stereocenters. The van der Waals surface area contributed by atoms with Gasteiger partial charge in [-0.1, -0.05) is 11.6 Å². The van der Waals surface area contributed by atoms with E-state index in [1.165, 1.54) is 0 Å². The highest BCUT2D eigenvalue weighted by molar-refractivity contribution is 6.31. The Morgan fingerprint density at radius 2 is 2.00 bits per heavy atom. The number of benzene rings is 1. The highest BCUT2D eigenvalue weighted by atomic mass is 35.5. The lowest BCUT2D eigenvalue weighted by atomic mass is 10.1. The SMILES string of the molecule is Cc1cc2nc3c(=O)[nH]c(=O)nc-3n(CCCC3=C=CC=C(Cl)C=C3)c2cc1CN(C)C. The summed E-state index contributed by atoms with van der Waals surface area (Å²) in [6.45, 7) is 3.37. The van der Waals surface area contributed by atoms with Crippen LogP contribution in [0.5, 0.6) is 0 Å². The zero-order chi connectivity index (χ0) is 22.8. The molecule has 32 heavy (non-hydrogen) atoms. The van der Waals surface area contributed by atoms with E-state index in [4.69, 9.17) is 11.6 Å². The van der Waals surface area contributed by atoms with E-state index in [1.807, 2.05) is 49.9 Å². The predicted octanol–water partition coefficient (Wildman–Crippen LogP) is 3.51. The first-order valence-corrected chi connectivity index (χ1v) is 10.8. The number of hydrogen-bond donors (Lipinski definition) is 1. The minimum Gasteiger partial charge on any atom is -0.322 e. The van der Waals surface area contributed by atoms with Crippen molar-refractivity contribution < 1.29 is 0 Å². The predicted molar refractivity (Wildman–Crippen MR) is 127 cm³/mol. The smallest absolute Gasteiger partial charge is 0.322 e. The number of aryl methyl sites for hydroxylation is 2. The average molecular weight is 450 g/mol. The van der Waals surface area contributed by atoms with Crippen LogP contribution in [0, 0.1) is 6.92 Å². The lowest BCUT2D eigenvalue weighted by Crippen LogP contribution is -2.29. The summed E-state index contributed by atoms with van der Waals surface area (Å²) >= 11 is 6.04. The molecule has 2 aliphatic heterocycles. The van der Waals surface area contributed by atoms with E-state index >= 15 is 0 Å². The number of aromatic amines is 1. The number of hydrogen-bond acceptors (Lipinski definition) is 5. The Morgan fingerprint density at radius 3 is 2.78 bits per heavy atom. The topological polar surface area (TPSA) is 83.9 Å². The third kappa shape index (κ3) is 4.65. The molecule has 0 aromatic heterocycles. The van der Waals surface area contributed by atoms with Gasteiger partial charge in [-0.15, -0.1) is 5.73 Å². The molecule has 4 rings (SSSR count). The summed E-state index contributed by atoms with van der Waals surface area (Å²) in [4.78, 5) is 37.4. The van der Waals surface area contributed by atoms with Crippen LogP contribution in [0.3, 0.4) is 0 Å². The van der Waals surface area contributed by atoms with Crippen LogP contribution in [0.1, 0.15) is 24.0 Å². The lowest BCUT2D eigenvalue weighted by molar-refractivity contribution is 0.401. The van der Waals surface area contributed by atoms with Crippen molar-refractivity contribution in [3.05, 3.63) is 84.7 Å². The van der Waals surface area contributed by atoms with Crippen LogP contribution >= 0.6 is 11.6 Å². The number of rotatable bonds is 6. The van der Waals surface area contributed by atoms with Crippen LogP contribution in [-0.4, -0.2) is 38.5 Å². The summed E-state index contributed by atoms with van der Waals surface area (Å²) in [5.41, 5.74) is 7.03. The van der Waals surface area contributed by atoms with Gasteiger partial charge in [-0.2, -0.15) is 4.98 Å². The van der Waals surface area contributed by atoms with E-state index in [0.717, 1.165) is 41.6 Å². The van der Waals surface area contributed by atoms with Crippen LogP contribution in [0.25, 0.3) is 22.6 Å². The second-order valence-electron chi connectivity index (χ2n) is 8.14. The molecule has 0 unspecified atom stereocenters. The van der Waals surface area contributed by atoms with Crippen molar-refractivity contribution in [3.63, 3.8) is 0 Å². The van der Waals surface area contributed by atoms with Gasteiger partial charge in [0.05, 0.1) is 11.0 Å². The van der Waals surface area contributed by atoms with Crippen molar-refractivity contribution in [1.29, 1.82) is 0 Å². The van der Waals surface area contributed by atoms with Crippen LogP contribution < -0.4 is 11.2 Å². The number of allylic oxidation sites excluding steroid dienone is 5.